The summed E-state index contributed by atoms with van der Waals surface area (Å²) in [5, 5.41) is 8.69. The Bertz CT molecular complexity index is 331. The molecule has 0 radical (unpaired) electrons. The molecule has 13 heavy (non-hydrogen) atoms. The van der Waals surface area contributed by atoms with Crippen LogP contribution in [0, 0.1) is 0 Å². The first kappa shape index (κ1) is 9.92. The van der Waals surface area contributed by atoms with E-state index in [1.54, 1.807) is 0 Å². The van der Waals surface area contributed by atoms with Crippen molar-refractivity contribution in [3.8, 4) is 0 Å². The Morgan fingerprint density at radius 2 is 2.31 bits per heavy atom. The van der Waals surface area contributed by atoms with Gasteiger partial charge in [0.1, 0.15) is 5.82 Å². The van der Waals surface area contributed by atoms with Crippen molar-refractivity contribution in [2.75, 3.05) is 6.61 Å². The zero-order chi connectivity index (χ0) is 9.84. The van der Waals surface area contributed by atoms with E-state index in [0.29, 0.717) is 17.9 Å². The number of nitrogens with zero attached hydrogens (tertiary/aromatic N) is 1. The van der Waals surface area contributed by atoms with Crippen LogP contribution in [0.3, 0.4) is 0 Å². The van der Waals surface area contributed by atoms with Crippen molar-refractivity contribution in [2.45, 2.75) is 26.2 Å². The van der Waals surface area contributed by atoms with Gasteiger partial charge in [-0.2, -0.15) is 0 Å². The molecule has 1 aromatic heterocycles. The summed E-state index contributed by atoms with van der Waals surface area (Å²) in [7, 11) is 0. The Labute approximate surface area is 76.7 Å². The van der Waals surface area contributed by atoms with Gasteiger partial charge in [-0.05, 0) is 0 Å². The highest BCUT2D eigenvalue weighted by Gasteiger charge is 2.04. The molecule has 1 rings (SSSR count). The largest absolute Gasteiger partial charge is 0.396 e. The number of aliphatic hydroxyl groups excluding tert-OH is 1. The van der Waals surface area contributed by atoms with Crippen LogP contribution < -0.4 is 5.56 Å². The molecule has 0 bridgehead atoms. The lowest BCUT2D eigenvalue weighted by Crippen LogP contribution is -2.14. The molecule has 0 fully saturated rings. The molecule has 0 aromatic carbocycles. The number of aromatic amines is 1. The van der Waals surface area contributed by atoms with E-state index < -0.39 is 0 Å². The van der Waals surface area contributed by atoms with Crippen molar-refractivity contribution in [2.24, 2.45) is 0 Å². The molecule has 0 aliphatic rings. The van der Waals surface area contributed by atoms with E-state index in [0.717, 1.165) is 0 Å². The van der Waals surface area contributed by atoms with Crippen molar-refractivity contribution in [1.29, 1.82) is 0 Å². The van der Waals surface area contributed by atoms with E-state index in [1.165, 1.54) is 6.07 Å². The summed E-state index contributed by atoms with van der Waals surface area (Å²) in [5.74, 6) is 0.877. The van der Waals surface area contributed by atoms with Crippen LogP contribution in [0.5, 0.6) is 0 Å². The molecule has 0 amide bonds. The zero-order valence-electron chi connectivity index (χ0n) is 7.87. The second-order valence-electron chi connectivity index (χ2n) is 3.25. The average molecular weight is 182 g/mol. The summed E-state index contributed by atoms with van der Waals surface area (Å²) in [6.45, 7) is 3.94. The second-order valence-corrected chi connectivity index (χ2v) is 3.25. The lowest BCUT2D eigenvalue weighted by Gasteiger charge is -2.05. The van der Waals surface area contributed by atoms with Gasteiger partial charge in [0.2, 0.25) is 0 Å². The van der Waals surface area contributed by atoms with E-state index in [2.05, 4.69) is 9.97 Å². The van der Waals surface area contributed by atoms with E-state index in [4.69, 9.17) is 5.11 Å². The molecule has 0 saturated heterocycles. The van der Waals surface area contributed by atoms with Crippen LogP contribution in [0.25, 0.3) is 0 Å². The van der Waals surface area contributed by atoms with Crippen LogP contribution in [-0.4, -0.2) is 21.7 Å². The van der Waals surface area contributed by atoms with Gasteiger partial charge in [0, 0.05) is 25.0 Å². The van der Waals surface area contributed by atoms with Crippen molar-refractivity contribution >= 4 is 0 Å². The maximum atomic E-state index is 11.1. The van der Waals surface area contributed by atoms with Crippen LogP contribution >= 0.6 is 0 Å². The molecule has 72 valence electrons. The third kappa shape index (κ3) is 2.66. The summed E-state index contributed by atoms with van der Waals surface area (Å²) < 4.78 is 0. The Kier molecular flexibility index (Phi) is 3.19. The first-order valence-electron chi connectivity index (χ1n) is 4.34. The van der Waals surface area contributed by atoms with E-state index in [1.807, 2.05) is 13.8 Å². The van der Waals surface area contributed by atoms with Gasteiger partial charge in [-0.15, -0.1) is 0 Å². The number of H-pyrrole nitrogens is 1. The molecule has 0 aliphatic carbocycles. The molecule has 0 spiro atoms. The monoisotopic (exact) mass is 182 g/mol. The van der Waals surface area contributed by atoms with Gasteiger partial charge in [-0.25, -0.2) is 4.98 Å². The molecular weight excluding hydrogens is 168 g/mol. The fourth-order valence-electron chi connectivity index (χ4n) is 1.04. The van der Waals surface area contributed by atoms with Crippen LogP contribution in [0.4, 0.5) is 0 Å². The number of aromatic nitrogens is 2. The molecule has 1 aromatic rings. The number of rotatable bonds is 3. The van der Waals surface area contributed by atoms with Crippen LogP contribution in [0.15, 0.2) is 10.9 Å². The molecule has 0 aliphatic heterocycles. The number of nitrogens with one attached hydrogen (secondary N) is 1. The molecule has 2 N–H and O–H groups in total. The topological polar surface area (TPSA) is 66.0 Å². The second kappa shape index (κ2) is 4.18. The molecule has 0 unspecified atom stereocenters. The van der Waals surface area contributed by atoms with Gasteiger partial charge >= 0.3 is 0 Å². The van der Waals surface area contributed by atoms with Crippen molar-refractivity contribution in [3.05, 3.63) is 27.9 Å². The molecule has 0 saturated carbocycles. The fraction of sp³-hybridized carbons (Fsp3) is 0.556. The van der Waals surface area contributed by atoms with Gasteiger partial charge in [-0.1, -0.05) is 13.8 Å². The number of hydrogen-bond acceptors (Lipinski definition) is 3. The highest BCUT2D eigenvalue weighted by Crippen LogP contribution is 2.06. The highest BCUT2D eigenvalue weighted by molar-refractivity contribution is 5.05. The van der Waals surface area contributed by atoms with Crippen LogP contribution in [0.1, 0.15) is 31.3 Å². The van der Waals surface area contributed by atoms with Gasteiger partial charge in [-0.3, -0.25) is 4.79 Å². The molecule has 4 heteroatoms. The molecule has 0 atom stereocenters. The SMILES string of the molecule is CC(C)c1nc(CCO)cc(=O)[nH]1. The quantitative estimate of drug-likeness (QED) is 0.712. The van der Waals surface area contributed by atoms with Gasteiger partial charge in [0.05, 0.1) is 5.69 Å². The normalized spacial score (nSPS) is 10.8. The third-order valence-corrected chi connectivity index (χ3v) is 1.73. The maximum absolute atomic E-state index is 11.1. The van der Waals surface area contributed by atoms with Crippen LogP contribution in [-0.2, 0) is 6.42 Å². The minimum absolute atomic E-state index is 0.0218. The van der Waals surface area contributed by atoms with Crippen molar-refractivity contribution < 1.29 is 5.11 Å². The Balaban J connectivity index is 3.04. The standard InChI is InChI=1S/C9H14N2O2/c1-6(2)9-10-7(3-4-12)5-8(13)11-9/h5-6,12H,3-4H2,1-2H3,(H,10,11,13). The predicted molar refractivity (Wildman–Crippen MR) is 49.7 cm³/mol. The average Bonchev–Trinajstić information content (AvgIpc) is 2.03. The summed E-state index contributed by atoms with van der Waals surface area (Å²) in [6.07, 6.45) is 0.434. The highest BCUT2D eigenvalue weighted by atomic mass is 16.3. The lowest BCUT2D eigenvalue weighted by atomic mass is 10.2. The molecule has 1 heterocycles. The van der Waals surface area contributed by atoms with E-state index in [9.17, 15) is 4.79 Å². The van der Waals surface area contributed by atoms with Crippen molar-refractivity contribution in [1.82, 2.24) is 9.97 Å². The minimum Gasteiger partial charge on any atom is -0.396 e. The zero-order valence-corrected chi connectivity index (χ0v) is 7.87. The first-order chi connectivity index (χ1) is 6.13. The Hall–Kier alpha value is -1.16. The predicted octanol–water partition coefficient (Wildman–Crippen LogP) is 0.428. The summed E-state index contributed by atoms with van der Waals surface area (Å²) in [6, 6.07) is 1.42. The van der Waals surface area contributed by atoms with Gasteiger partial charge in [0.15, 0.2) is 0 Å². The summed E-state index contributed by atoms with van der Waals surface area (Å²) in [4.78, 5) is 18.0. The van der Waals surface area contributed by atoms with E-state index >= 15 is 0 Å². The Morgan fingerprint density at radius 3 is 2.85 bits per heavy atom. The minimum atomic E-state index is -0.151. The first-order valence-corrected chi connectivity index (χ1v) is 4.34. The lowest BCUT2D eigenvalue weighted by molar-refractivity contribution is 0.298. The molecule has 4 nitrogen and oxygen atoms in total. The summed E-state index contributed by atoms with van der Waals surface area (Å²) >= 11 is 0. The smallest absolute Gasteiger partial charge is 0.251 e. The molecular formula is C9H14N2O2. The Morgan fingerprint density at radius 1 is 1.62 bits per heavy atom. The fourth-order valence-corrected chi connectivity index (χ4v) is 1.04. The van der Waals surface area contributed by atoms with Crippen LogP contribution in [0.2, 0.25) is 0 Å². The summed E-state index contributed by atoms with van der Waals surface area (Å²) in [5.41, 5.74) is 0.497. The van der Waals surface area contributed by atoms with E-state index in [-0.39, 0.29) is 18.1 Å². The third-order valence-electron chi connectivity index (χ3n) is 1.73. The van der Waals surface area contributed by atoms with Gasteiger partial charge < -0.3 is 10.1 Å². The van der Waals surface area contributed by atoms with Crippen molar-refractivity contribution in [3.63, 3.8) is 0 Å². The number of aliphatic hydroxyl groups is 1. The van der Waals surface area contributed by atoms with Gasteiger partial charge in [0.25, 0.3) is 5.56 Å². The maximum Gasteiger partial charge on any atom is 0.251 e. The number of hydrogen-bond donors (Lipinski definition) is 2.